The molecule has 2 unspecified atom stereocenters. The third kappa shape index (κ3) is 4.35. The van der Waals surface area contributed by atoms with Crippen LogP contribution in [-0.2, 0) is 0 Å². The normalized spacial score (nSPS) is 18.8. The Bertz CT molecular complexity index is 650. The number of para-hydroxylation sites is 1. The lowest BCUT2D eigenvalue weighted by Crippen LogP contribution is -2.34. The summed E-state index contributed by atoms with van der Waals surface area (Å²) in [5, 5.41) is 10.7. The van der Waals surface area contributed by atoms with Crippen LogP contribution in [0.4, 0.5) is 0 Å². The topological polar surface area (TPSA) is 68.2 Å². The summed E-state index contributed by atoms with van der Waals surface area (Å²) in [6.07, 6.45) is 4.01. The maximum atomic E-state index is 12.2. The highest BCUT2D eigenvalue weighted by atomic mass is 16.5. The Labute approximate surface area is 142 Å². The second-order valence-electron chi connectivity index (χ2n) is 6.13. The largest absolute Gasteiger partial charge is 0.489 e. The van der Waals surface area contributed by atoms with Gasteiger partial charge in [-0.2, -0.15) is 5.10 Å². The fourth-order valence-corrected chi connectivity index (χ4v) is 2.82. The third-order valence-corrected chi connectivity index (χ3v) is 4.12. The van der Waals surface area contributed by atoms with Crippen LogP contribution in [0.25, 0.3) is 0 Å². The van der Waals surface area contributed by atoms with E-state index in [9.17, 15) is 4.79 Å². The minimum Gasteiger partial charge on any atom is -0.489 e. The highest BCUT2D eigenvalue weighted by Crippen LogP contribution is 2.15. The van der Waals surface area contributed by atoms with E-state index in [-0.39, 0.29) is 12.0 Å². The summed E-state index contributed by atoms with van der Waals surface area (Å²) >= 11 is 0. The van der Waals surface area contributed by atoms with Gasteiger partial charge in [-0.3, -0.25) is 9.48 Å². The van der Waals surface area contributed by atoms with Gasteiger partial charge >= 0.3 is 0 Å². The Morgan fingerprint density at radius 2 is 2.25 bits per heavy atom. The Hall–Kier alpha value is -2.34. The molecule has 0 saturated carbocycles. The van der Waals surface area contributed by atoms with Crippen LogP contribution in [0.3, 0.4) is 0 Å². The second kappa shape index (κ2) is 7.97. The van der Waals surface area contributed by atoms with Crippen molar-refractivity contribution in [3.63, 3.8) is 0 Å². The van der Waals surface area contributed by atoms with Gasteiger partial charge in [0, 0.05) is 12.7 Å². The summed E-state index contributed by atoms with van der Waals surface area (Å²) in [6, 6.07) is 11.7. The van der Waals surface area contributed by atoms with Gasteiger partial charge in [-0.1, -0.05) is 18.2 Å². The number of carbonyl (C=O) groups excluding carboxylic acids is 1. The first kappa shape index (κ1) is 16.5. The summed E-state index contributed by atoms with van der Waals surface area (Å²) in [4.78, 5) is 12.2. The SMILES string of the molecule is CC(CNC(=O)c1ccn(C2CCCNC2)n1)Oc1ccccc1. The molecule has 128 valence electrons. The summed E-state index contributed by atoms with van der Waals surface area (Å²) < 4.78 is 7.65. The zero-order valence-electron chi connectivity index (χ0n) is 13.9. The number of rotatable bonds is 6. The number of nitrogens with one attached hydrogen (secondary N) is 2. The molecule has 2 heterocycles. The van der Waals surface area contributed by atoms with Gasteiger partial charge in [-0.05, 0) is 44.5 Å². The van der Waals surface area contributed by atoms with Gasteiger partial charge in [0.2, 0.25) is 0 Å². The molecule has 24 heavy (non-hydrogen) atoms. The van der Waals surface area contributed by atoms with E-state index in [1.165, 1.54) is 0 Å². The van der Waals surface area contributed by atoms with Crippen molar-refractivity contribution >= 4 is 5.91 Å². The lowest BCUT2D eigenvalue weighted by molar-refractivity contribution is 0.0926. The van der Waals surface area contributed by atoms with E-state index in [1.54, 1.807) is 6.07 Å². The van der Waals surface area contributed by atoms with Gasteiger partial charge in [0.05, 0.1) is 12.6 Å². The summed E-state index contributed by atoms with van der Waals surface area (Å²) in [5.41, 5.74) is 0.451. The molecule has 2 aromatic rings. The molecule has 1 aromatic heterocycles. The van der Waals surface area contributed by atoms with E-state index in [4.69, 9.17) is 4.74 Å². The van der Waals surface area contributed by atoms with E-state index >= 15 is 0 Å². The molecule has 1 aliphatic rings. The summed E-state index contributed by atoms with van der Waals surface area (Å²) in [7, 11) is 0. The molecule has 0 radical (unpaired) electrons. The molecule has 1 aromatic carbocycles. The number of aromatic nitrogens is 2. The number of carbonyl (C=O) groups is 1. The minimum absolute atomic E-state index is 0.110. The van der Waals surface area contributed by atoms with E-state index < -0.39 is 0 Å². The summed E-state index contributed by atoms with van der Waals surface area (Å²) in [5.74, 6) is 0.634. The number of piperidine rings is 1. The molecule has 1 saturated heterocycles. The van der Waals surface area contributed by atoms with Crippen molar-refractivity contribution < 1.29 is 9.53 Å². The van der Waals surface area contributed by atoms with Crippen molar-refractivity contribution in [2.75, 3.05) is 19.6 Å². The first-order valence-electron chi connectivity index (χ1n) is 8.48. The van der Waals surface area contributed by atoms with Crippen LogP contribution in [0.15, 0.2) is 42.6 Å². The zero-order valence-corrected chi connectivity index (χ0v) is 13.9. The first-order chi connectivity index (χ1) is 11.7. The zero-order chi connectivity index (χ0) is 16.8. The smallest absolute Gasteiger partial charge is 0.271 e. The van der Waals surface area contributed by atoms with Gasteiger partial charge in [0.15, 0.2) is 0 Å². The van der Waals surface area contributed by atoms with Crippen molar-refractivity contribution in [1.29, 1.82) is 0 Å². The number of hydrogen-bond donors (Lipinski definition) is 2. The van der Waals surface area contributed by atoms with Crippen molar-refractivity contribution in [3.8, 4) is 5.75 Å². The Morgan fingerprint density at radius 1 is 1.42 bits per heavy atom. The summed E-state index contributed by atoms with van der Waals surface area (Å²) in [6.45, 7) is 4.33. The predicted octanol–water partition coefficient (Wildman–Crippen LogP) is 2.00. The van der Waals surface area contributed by atoms with E-state index in [0.29, 0.717) is 18.3 Å². The lowest BCUT2D eigenvalue weighted by atomic mass is 10.1. The fraction of sp³-hybridized carbons (Fsp3) is 0.444. The monoisotopic (exact) mass is 328 g/mol. The molecular formula is C18H24N4O2. The quantitative estimate of drug-likeness (QED) is 0.851. The van der Waals surface area contributed by atoms with Crippen LogP contribution in [0.1, 0.15) is 36.3 Å². The minimum atomic E-state index is -0.166. The van der Waals surface area contributed by atoms with E-state index in [2.05, 4.69) is 15.7 Å². The molecule has 1 fully saturated rings. The van der Waals surface area contributed by atoms with Crippen LogP contribution in [0, 0.1) is 0 Å². The predicted molar refractivity (Wildman–Crippen MR) is 92.2 cm³/mol. The molecule has 6 nitrogen and oxygen atoms in total. The van der Waals surface area contributed by atoms with Crippen LogP contribution >= 0.6 is 0 Å². The molecule has 1 amide bonds. The van der Waals surface area contributed by atoms with Crippen LogP contribution in [-0.4, -0.2) is 41.4 Å². The Balaban J connectivity index is 1.49. The third-order valence-electron chi connectivity index (χ3n) is 4.12. The van der Waals surface area contributed by atoms with Crippen LogP contribution in [0.2, 0.25) is 0 Å². The van der Waals surface area contributed by atoms with E-state index in [1.807, 2.05) is 48.1 Å². The van der Waals surface area contributed by atoms with Gasteiger partial charge in [-0.15, -0.1) is 0 Å². The standard InChI is InChI=1S/C18H24N4O2/c1-14(24-16-7-3-2-4-8-16)12-20-18(23)17-9-11-22(21-17)15-6-5-10-19-13-15/h2-4,7-9,11,14-15,19H,5-6,10,12-13H2,1H3,(H,20,23). The van der Waals surface area contributed by atoms with Gasteiger partial charge in [0.1, 0.15) is 17.5 Å². The molecule has 2 atom stereocenters. The van der Waals surface area contributed by atoms with Crippen LogP contribution < -0.4 is 15.4 Å². The fourth-order valence-electron chi connectivity index (χ4n) is 2.82. The first-order valence-corrected chi connectivity index (χ1v) is 8.48. The highest BCUT2D eigenvalue weighted by molar-refractivity contribution is 5.92. The molecule has 3 rings (SSSR count). The average Bonchev–Trinajstić information content (AvgIpc) is 3.11. The number of amides is 1. The molecular weight excluding hydrogens is 304 g/mol. The maximum absolute atomic E-state index is 12.2. The highest BCUT2D eigenvalue weighted by Gasteiger charge is 2.18. The number of ether oxygens (including phenoxy) is 1. The molecule has 0 spiro atoms. The van der Waals surface area contributed by atoms with Gasteiger partial charge in [-0.25, -0.2) is 0 Å². The van der Waals surface area contributed by atoms with Crippen molar-refractivity contribution in [2.45, 2.75) is 31.9 Å². The molecule has 1 aliphatic heterocycles. The average molecular weight is 328 g/mol. The number of nitrogens with zero attached hydrogens (tertiary/aromatic N) is 2. The van der Waals surface area contributed by atoms with Crippen molar-refractivity contribution in [1.82, 2.24) is 20.4 Å². The van der Waals surface area contributed by atoms with E-state index in [0.717, 1.165) is 31.7 Å². The Kier molecular flexibility index (Phi) is 5.48. The molecule has 2 N–H and O–H groups in total. The number of benzene rings is 1. The number of hydrogen-bond acceptors (Lipinski definition) is 4. The molecule has 0 bridgehead atoms. The Morgan fingerprint density at radius 3 is 3.00 bits per heavy atom. The van der Waals surface area contributed by atoms with Crippen LogP contribution in [0.5, 0.6) is 5.75 Å². The molecule has 6 heteroatoms. The lowest BCUT2D eigenvalue weighted by Gasteiger charge is -2.22. The van der Waals surface area contributed by atoms with Crippen molar-refractivity contribution in [3.05, 3.63) is 48.3 Å². The second-order valence-corrected chi connectivity index (χ2v) is 6.13. The maximum Gasteiger partial charge on any atom is 0.271 e. The molecule has 0 aliphatic carbocycles. The van der Waals surface area contributed by atoms with Gasteiger partial charge < -0.3 is 15.4 Å². The van der Waals surface area contributed by atoms with Gasteiger partial charge in [0.25, 0.3) is 5.91 Å². The van der Waals surface area contributed by atoms with Crippen molar-refractivity contribution in [2.24, 2.45) is 0 Å².